The molecule has 1 heterocycles. The zero-order valence-corrected chi connectivity index (χ0v) is 12.3. The highest BCUT2D eigenvalue weighted by molar-refractivity contribution is 5.83. The Hall–Kier alpha value is -0.610. The molecule has 3 saturated carbocycles. The maximum atomic E-state index is 12.9. The van der Waals surface area contributed by atoms with Crippen molar-refractivity contribution in [3.8, 4) is 0 Å². The Bertz CT molecular complexity index is 397. The predicted octanol–water partition coefficient (Wildman–Crippen LogP) is 1.24. The lowest BCUT2D eigenvalue weighted by molar-refractivity contribution is -0.139. The molecule has 3 aliphatic carbocycles. The summed E-state index contributed by atoms with van der Waals surface area (Å²) in [4.78, 5) is 15.0. The molecule has 6 unspecified atom stereocenters. The smallest absolute Gasteiger partial charge is 0.226 e. The summed E-state index contributed by atoms with van der Waals surface area (Å²) >= 11 is 0. The standard InChI is InChI=1S/C16H26N2O2/c1-20-12-4-5-18(11(7-12)8-17)16(19)15-13-9-2-3-10(6-9)14(13)15/h9-15H,2-8,17H2,1H3. The third-order valence-corrected chi connectivity index (χ3v) is 6.58. The first-order chi connectivity index (χ1) is 9.74. The van der Waals surface area contributed by atoms with E-state index in [1.54, 1.807) is 7.11 Å². The maximum absolute atomic E-state index is 12.9. The van der Waals surface area contributed by atoms with E-state index in [0.717, 1.165) is 43.1 Å². The third-order valence-electron chi connectivity index (χ3n) is 6.58. The number of nitrogens with zero attached hydrogens (tertiary/aromatic N) is 1. The van der Waals surface area contributed by atoms with Crippen molar-refractivity contribution in [1.29, 1.82) is 0 Å². The number of rotatable bonds is 3. The molecule has 1 saturated heterocycles. The molecule has 0 aromatic rings. The van der Waals surface area contributed by atoms with Crippen molar-refractivity contribution in [3.05, 3.63) is 0 Å². The van der Waals surface area contributed by atoms with Crippen LogP contribution < -0.4 is 5.73 Å². The van der Waals surface area contributed by atoms with Crippen LogP contribution in [-0.4, -0.2) is 43.2 Å². The summed E-state index contributed by atoms with van der Waals surface area (Å²) in [6.07, 6.45) is 6.32. The van der Waals surface area contributed by atoms with E-state index in [2.05, 4.69) is 4.90 Å². The van der Waals surface area contributed by atoms with Crippen LogP contribution in [0.1, 0.15) is 32.1 Å². The largest absolute Gasteiger partial charge is 0.381 e. The van der Waals surface area contributed by atoms with Gasteiger partial charge in [-0.1, -0.05) is 0 Å². The number of carbonyl (C=O) groups is 1. The van der Waals surface area contributed by atoms with Gasteiger partial charge in [-0.3, -0.25) is 4.79 Å². The van der Waals surface area contributed by atoms with E-state index in [-0.39, 0.29) is 12.1 Å². The van der Waals surface area contributed by atoms with Crippen molar-refractivity contribution >= 4 is 5.91 Å². The van der Waals surface area contributed by atoms with Crippen LogP contribution in [0.5, 0.6) is 0 Å². The van der Waals surface area contributed by atoms with Gasteiger partial charge in [-0.15, -0.1) is 0 Å². The zero-order valence-electron chi connectivity index (χ0n) is 12.3. The monoisotopic (exact) mass is 278 g/mol. The van der Waals surface area contributed by atoms with Gasteiger partial charge >= 0.3 is 0 Å². The molecule has 1 aliphatic heterocycles. The fourth-order valence-corrected chi connectivity index (χ4v) is 5.59. The van der Waals surface area contributed by atoms with Gasteiger partial charge in [0.1, 0.15) is 0 Å². The molecule has 2 N–H and O–H groups in total. The first-order valence-electron chi connectivity index (χ1n) is 8.28. The van der Waals surface area contributed by atoms with Crippen molar-refractivity contribution in [2.45, 2.75) is 44.2 Å². The lowest BCUT2D eigenvalue weighted by Crippen LogP contribution is -2.52. The topological polar surface area (TPSA) is 55.6 Å². The lowest BCUT2D eigenvalue weighted by atomic mass is 9.96. The number of amides is 1. The molecule has 112 valence electrons. The van der Waals surface area contributed by atoms with Crippen LogP contribution in [-0.2, 0) is 9.53 Å². The van der Waals surface area contributed by atoms with Crippen molar-refractivity contribution < 1.29 is 9.53 Å². The second-order valence-corrected chi connectivity index (χ2v) is 7.32. The van der Waals surface area contributed by atoms with Gasteiger partial charge in [-0.05, 0) is 55.8 Å². The van der Waals surface area contributed by atoms with E-state index in [1.165, 1.54) is 19.3 Å². The molecule has 2 bridgehead atoms. The van der Waals surface area contributed by atoms with E-state index in [9.17, 15) is 4.79 Å². The molecule has 20 heavy (non-hydrogen) atoms. The highest BCUT2D eigenvalue weighted by atomic mass is 16.5. The van der Waals surface area contributed by atoms with Crippen LogP contribution in [0.4, 0.5) is 0 Å². The van der Waals surface area contributed by atoms with Crippen LogP contribution in [0.15, 0.2) is 0 Å². The molecule has 0 radical (unpaired) electrons. The average molecular weight is 278 g/mol. The summed E-state index contributed by atoms with van der Waals surface area (Å²) in [6.45, 7) is 1.41. The Kier molecular flexibility index (Phi) is 3.08. The highest BCUT2D eigenvalue weighted by Gasteiger charge is 2.68. The van der Waals surface area contributed by atoms with Crippen LogP contribution >= 0.6 is 0 Å². The number of piperidine rings is 1. The minimum atomic E-state index is 0.195. The van der Waals surface area contributed by atoms with Crippen LogP contribution in [0.3, 0.4) is 0 Å². The molecule has 4 aliphatic rings. The van der Waals surface area contributed by atoms with Gasteiger partial charge in [-0.2, -0.15) is 0 Å². The summed E-state index contributed by atoms with van der Waals surface area (Å²) in [5.41, 5.74) is 5.90. The fourth-order valence-electron chi connectivity index (χ4n) is 5.59. The number of ether oxygens (including phenoxy) is 1. The fraction of sp³-hybridized carbons (Fsp3) is 0.938. The van der Waals surface area contributed by atoms with E-state index in [1.807, 2.05) is 0 Å². The minimum Gasteiger partial charge on any atom is -0.381 e. The SMILES string of the molecule is COC1CCN(C(=O)C2C3C4CCC(C4)C23)C(CN)C1. The van der Waals surface area contributed by atoms with E-state index in [4.69, 9.17) is 10.5 Å². The lowest BCUT2D eigenvalue weighted by Gasteiger charge is -2.39. The van der Waals surface area contributed by atoms with Gasteiger partial charge in [0, 0.05) is 32.2 Å². The number of hydrogen-bond donors (Lipinski definition) is 1. The Morgan fingerprint density at radius 3 is 2.50 bits per heavy atom. The zero-order chi connectivity index (χ0) is 13.9. The first-order valence-corrected chi connectivity index (χ1v) is 8.28. The molecule has 4 nitrogen and oxygen atoms in total. The third kappa shape index (κ3) is 1.77. The number of hydrogen-bond acceptors (Lipinski definition) is 3. The Morgan fingerprint density at radius 1 is 1.20 bits per heavy atom. The predicted molar refractivity (Wildman–Crippen MR) is 75.9 cm³/mol. The highest BCUT2D eigenvalue weighted by Crippen LogP contribution is 2.69. The molecule has 0 spiro atoms. The van der Waals surface area contributed by atoms with Gasteiger partial charge in [0.25, 0.3) is 0 Å². The molecule has 4 fully saturated rings. The van der Waals surface area contributed by atoms with E-state index < -0.39 is 0 Å². The average Bonchev–Trinajstić information content (AvgIpc) is 2.93. The maximum Gasteiger partial charge on any atom is 0.226 e. The van der Waals surface area contributed by atoms with Gasteiger partial charge in [0.15, 0.2) is 0 Å². The number of carbonyl (C=O) groups excluding carboxylic acids is 1. The van der Waals surface area contributed by atoms with Crippen molar-refractivity contribution in [2.75, 3.05) is 20.2 Å². The van der Waals surface area contributed by atoms with Crippen LogP contribution in [0.2, 0.25) is 0 Å². The van der Waals surface area contributed by atoms with Crippen LogP contribution in [0.25, 0.3) is 0 Å². The second kappa shape index (κ2) is 4.70. The number of fused-ring (bicyclic) bond motifs is 5. The van der Waals surface area contributed by atoms with Crippen LogP contribution in [0, 0.1) is 29.6 Å². The Balaban J connectivity index is 1.44. The van der Waals surface area contributed by atoms with Crippen molar-refractivity contribution in [2.24, 2.45) is 35.3 Å². The molecular formula is C16H26N2O2. The molecule has 0 aromatic carbocycles. The molecule has 1 amide bonds. The second-order valence-electron chi connectivity index (χ2n) is 7.32. The van der Waals surface area contributed by atoms with Gasteiger partial charge in [0.05, 0.1) is 6.10 Å². The Morgan fingerprint density at radius 2 is 1.90 bits per heavy atom. The summed E-state index contributed by atoms with van der Waals surface area (Å²) < 4.78 is 5.45. The van der Waals surface area contributed by atoms with E-state index in [0.29, 0.717) is 18.4 Å². The van der Waals surface area contributed by atoms with E-state index >= 15 is 0 Å². The summed E-state index contributed by atoms with van der Waals surface area (Å²) in [6, 6.07) is 0.195. The number of methoxy groups -OCH3 is 1. The summed E-state index contributed by atoms with van der Waals surface area (Å²) in [7, 11) is 1.76. The quantitative estimate of drug-likeness (QED) is 0.845. The molecule has 6 atom stereocenters. The number of nitrogens with two attached hydrogens (primary N) is 1. The van der Waals surface area contributed by atoms with Gasteiger partial charge in [0.2, 0.25) is 5.91 Å². The first kappa shape index (κ1) is 13.1. The Labute approximate surface area is 121 Å². The van der Waals surface area contributed by atoms with Crippen molar-refractivity contribution in [3.63, 3.8) is 0 Å². The molecule has 4 heteroatoms. The normalized spacial score (nSPS) is 49.3. The summed E-state index contributed by atoms with van der Waals surface area (Å²) in [5.74, 6) is 3.98. The molecular weight excluding hydrogens is 252 g/mol. The summed E-state index contributed by atoms with van der Waals surface area (Å²) in [5, 5.41) is 0. The number of likely N-dealkylation sites (tertiary alicyclic amines) is 1. The minimum absolute atomic E-state index is 0.195. The molecule has 0 aromatic heterocycles. The van der Waals surface area contributed by atoms with Gasteiger partial charge < -0.3 is 15.4 Å². The van der Waals surface area contributed by atoms with Crippen molar-refractivity contribution in [1.82, 2.24) is 4.90 Å². The molecule has 4 rings (SSSR count). The van der Waals surface area contributed by atoms with Gasteiger partial charge in [-0.25, -0.2) is 0 Å².